The van der Waals surface area contributed by atoms with Gasteiger partial charge in [0.25, 0.3) is 0 Å². The molecule has 0 spiro atoms. The predicted octanol–water partition coefficient (Wildman–Crippen LogP) is -0.719. The lowest BCUT2D eigenvalue weighted by atomic mass is 9.89. The first-order valence-electron chi connectivity index (χ1n) is 5.34. The van der Waals surface area contributed by atoms with E-state index in [4.69, 9.17) is 14.5 Å². The monoisotopic (exact) mass is 218 g/mol. The summed E-state index contributed by atoms with van der Waals surface area (Å²) in [6, 6.07) is 0. The second kappa shape index (κ2) is 10.4. The van der Waals surface area contributed by atoms with E-state index in [0.717, 1.165) is 13.2 Å². The number of ether oxygens (including phenoxy) is 2. The van der Waals surface area contributed by atoms with E-state index in [1.807, 2.05) is 14.1 Å². The van der Waals surface area contributed by atoms with Crippen molar-refractivity contribution in [3.63, 3.8) is 0 Å². The van der Waals surface area contributed by atoms with E-state index < -0.39 is 7.05 Å². The van der Waals surface area contributed by atoms with E-state index in [1.165, 1.54) is 0 Å². The molecule has 2 N–H and O–H groups in total. The van der Waals surface area contributed by atoms with E-state index >= 15 is 0 Å². The van der Waals surface area contributed by atoms with Crippen LogP contribution in [0.3, 0.4) is 0 Å². The second-order valence-corrected chi connectivity index (χ2v) is 3.66. The Labute approximate surface area is 92.9 Å². The molecule has 90 valence electrons. The third-order valence-electron chi connectivity index (χ3n) is 1.74. The molecule has 0 aromatic heterocycles. The minimum atomic E-state index is -0.468. The number of nitrogens with zero attached hydrogens (tertiary/aromatic N) is 1. The molecule has 15 heavy (non-hydrogen) atoms. The minimum Gasteiger partial charge on any atom is -0.437 e. The molecule has 0 aliphatic carbocycles. The maximum atomic E-state index is 8.88. The summed E-state index contributed by atoms with van der Waals surface area (Å²) in [6.07, 6.45) is 0. The normalized spacial score (nSPS) is 11.0. The zero-order valence-corrected chi connectivity index (χ0v) is 10.0. The van der Waals surface area contributed by atoms with Crippen LogP contribution in [-0.4, -0.2) is 70.6 Å². The summed E-state index contributed by atoms with van der Waals surface area (Å²) in [5.74, 6) is 0. The van der Waals surface area contributed by atoms with Gasteiger partial charge in [0.05, 0.1) is 26.4 Å². The van der Waals surface area contributed by atoms with Crippen molar-refractivity contribution in [2.45, 2.75) is 6.82 Å². The Balaban J connectivity index is 2.93. The molecular weight excluding hydrogens is 195 g/mol. The summed E-state index contributed by atoms with van der Waals surface area (Å²) in [5.41, 5.74) is 0. The van der Waals surface area contributed by atoms with Crippen LogP contribution in [0.5, 0.6) is 0 Å². The van der Waals surface area contributed by atoms with E-state index in [-0.39, 0.29) is 0 Å². The molecule has 5 nitrogen and oxygen atoms in total. The standard InChI is InChI=1S/C9H23BN2O3/c1-10(13)11-4-6-14-8-9-15-7-5-12(2)3/h11,13H,4-9H2,1-3H3. The van der Waals surface area contributed by atoms with E-state index in [0.29, 0.717) is 26.4 Å². The van der Waals surface area contributed by atoms with Crippen LogP contribution in [0.15, 0.2) is 0 Å². The van der Waals surface area contributed by atoms with Gasteiger partial charge in [0.2, 0.25) is 0 Å². The van der Waals surface area contributed by atoms with Gasteiger partial charge in [-0.3, -0.25) is 0 Å². The fraction of sp³-hybridized carbons (Fsp3) is 1.00. The van der Waals surface area contributed by atoms with Gasteiger partial charge in [-0.25, -0.2) is 0 Å². The molecule has 0 saturated heterocycles. The maximum absolute atomic E-state index is 8.88. The largest absolute Gasteiger partial charge is 0.437 e. The summed E-state index contributed by atoms with van der Waals surface area (Å²) < 4.78 is 10.6. The van der Waals surface area contributed by atoms with Crippen LogP contribution < -0.4 is 5.23 Å². The van der Waals surface area contributed by atoms with Crippen molar-refractivity contribution in [3.05, 3.63) is 0 Å². The number of hydrogen-bond donors (Lipinski definition) is 2. The highest BCUT2D eigenvalue weighted by Crippen LogP contribution is 1.80. The van der Waals surface area contributed by atoms with Gasteiger partial charge in [0.1, 0.15) is 0 Å². The van der Waals surface area contributed by atoms with Gasteiger partial charge in [-0.05, 0) is 20.9 Å². The van der Waals surface area contributed by atoms with Gasteiger partial charge in [0.15, 0.2) is 0 Å². The third-order valence-corrected chi connectivity index (χ3v) is 1.74. The van der Waals surface area contributed by atoms with Crippen molar-refractivity contribution in [2.75, 3.05) is 53.6 Å². The van der Waals surface area contributed by atoms with Crippen molar-refractivity contribution in [1.82, 2.24) is 10.1 Å². The van der Waals surface area contributed by atoms with Gasteiger partial charge in [0, 0.05) is 13.1 Å². The Bertz CT molecular complexity index is 123. The maximum Gasteiger partial charge on any atom is 0.373 e. The van der Waals surface area contributed by atoms with Crippen LogP contribution in [0.2, 0.25) is 6.82 Å². The summed E-state index contributed by atoms with van der Waals surface area (Å²) in [6.45, 7) is 5.85. The molecule has 0 aromatic carbocycles. The molecule has 0 unspecified atom stereocenters. The molecule has 0 rings (SSSR count). The zero-order valence-electron chi connectivity index (χ0n) is 10.0. The lowest BCUT2D eigenvalue weighted by Crippen LogP contribution is -2.33. The smallest absolute Gasteiger partial charge is 0.373 e. The zero-order chi connectivity index (χ0) is 11.5. The van der Waals surface area contributed by atoms with Gasteiger partial charge < -0.3 is 24.6 Å². The highest BCUT2D eigenvalue weighted by Gasteiger charge is 1.99. The number of rotatable bonds is 10. The van der Waals surface area contributed by atoms with Crippen molar-refractivity contribution >= 4 is 7.05 Å². The lowest BCUT2D eigenvalue weighted by molar-refractivity contribution is 0.0445. The molecule has 0 amide bonds. The quantitative estimate of drug-likeness (QED) is 0.374. The van der Waals surface area contributed by atoms with Crippen molar-refractivity contribution in [1.29, 1.82) is 0 Å². The molecule has 0 fully saturated rings. The van der Waals surface area contributed by atoms with Crippen LogP contribution in [-0.2, 0) is 9.47 Å². The SMILES string of the molecule is CB(O)NCCOCCOCCN(C)C. The molecule has 0 atom stereocenters. The van der Waals surface area contributed by atoms with Gasteiger partial charge in [-0.15, -0.1) is 0 Å². The van der Waals surface area contributed by atoms with E-state index in [2.05, 4.69) is 10.1 Å². The number of likely N-dealkylation sites (N-methyl/N-ethyl adjacent to an activating group) is 1. The fourth-order valence-corrected chi connectivity index (χ4v) is 0.909. The average Bonchev–Trinajstić information content (AvgIpc) is 2.14. The molecule has 0 aliphatic rings. The predicted molar refractivity (Wildman–Crippen MR) is 62.0 cm³/mol. The van der Waals surface area contributed by atoms with Crippen LogP contribution in [0, 0.1) is 0 Å². The molecule has 0 aromatic rings. The minimum absolute atomic E-state index is 0.468. The first-order valence-corrected chi connectivity index (χ1v) is 5.34. The molecule has 0 bridgehead atoms. The number of hydrogen-bond acceptors (Lipinski definition) is 5. The highest BCUT2D eigenvalue weighted by atomic mass is 16.5. The Morgan fingerprint density at radius 2 is 1.73 bits per heavy atom. The Hall–Kier alpha value is -0.135. The van der Waals surface area contributed by atoms with Gasteiger partial charge >= 0.3 is 7.05 Å². The van der Waals surface area contributed by atoms with Crippen molar-refractivity contribution < 1.29 is 14.5 Å². The average molecular weight is 218 g/mol. The first kappa shape index (κ1) is 14.9. The van der Waals surface area contributed by atoms with Gasteiger partial charge in [-0.1, -0.05) is 0 Å². The first-order chi connectivity index (χ1) is 7.13. The number of nitrogens with one attached hydrogen (secondary N) is 1. The summed E-state index contributed by atoms with van der Waals surface area (Å²) >= 11 is 0. The Kier molecular flexibility index (Phi) is 10.3. The van der Waals surface area contributed by atoms with Gasteiger partial charge in [-0.2, -0.15) is 0 Å². The summed E-state index contributed by atoms with van der Waals surface area (Å²) in [5, 5.41) is 11.7. The lowest BCUT2D eigenvalue weighted by Gasteiger charge is -2.10. The van der Waals surface area contributed by atoms with E-state index in [1.54, 1.807) is 6.82 Å². The molecular formula is C9H23BN2O3. The summed E-state index contributed by atoms with van der Waals surface area (Å²) in [7, 11) is 3.56. The fourth-order valence-electron chi connectivity index (χ4n) is 0.909. The molecule has 0 saturated carbocycles. The molecule has 0 heterocycles. The van der Waals surface area contributed by atoms with Crippen LogP contribution >= 0.6 is 0 Å². The van der Waals surface area contributed by atoms with E-state index in [9.17, 15) is 0 Å². The molecule has 0 aliphatic heterocycles. The third kappa shape index (κ3) is 13.9. The highest BCUT2D eigenvalue weighted by molar-refractivity contribution is 6.45. The van der Waals surface area contributed by atoms with Crippen LogP contribution in [0.4, 0.5) is 0 Å². The van der Waals surface area contributed by atoms with Crippen LogP contribution in [0.25, 0.3) is 0 Å². The Morgan fingerprint density at radius 3 is 2.27 bits per heavy atom. The molecule has 6 heteroatoms. The van der Waals surface area contributed by atoms with Crippen molar-refractivity contribution in [3.8, 4) is 0 Å². The topological polar surface area (TPSA) is 54.0 Å². The Morgan fingerprint density at radius 1 is 1.13 bits per heavy atom. The molecule has 0 radical (unpaired) electrons. The summed E-state index contributed by atoms with van der Waals surface area (Å²) in [4.78, 5) is 2.08. The van der Waals surface area contributed by atoms with Crippen molar-refractivity contribution in [2.24, 2.45) is 0 Å². The second-order valence-electron chi connectivity index (χ2n) is 3.66. The van der Waals surface area contributed by atoms with Crippen LogP contribution in [0.1, 0.15) is 0 Å².